The molecule has 0 unspecified atom stereocenters. The third-order valence-corrected chi connectivity index (χ3v) is 2.90. The van der Waals surface area contributed by atoms with Crippen LogP contribution in [0.3, 0.4) is 0 Å². The summed E-state index contributed by atoms with van der Waals surface area (Å²) in [6, 6.07) is 8.28. The predicted octanol–water partition coefficient (Wildman–Crippen LogP) is 1.28. The molecule has 1 fully saturated rings. The minimum Gasteiger partial charge on any atom is -0.492 e. The zero-order chi connectivity index (χ0) is 10.1. The summed E-state index contributed by atoms with van der Waals surface area (Å²) in [6.07, 6.45) is 0.468. The van der Waals surface area contributed by atoms with Gasteiger partial charge in [-0.3, -0.25) is 4.90 Å². The summed E-state index contributed by atoms with van der Waals surface area (Å²) < 4.78 is 11.0. The first-order valence-electron chi connectivity index (χ1n) is 5.46. The minimum atomic E-state index is 0.468. The second kappa shape index (κ2) is 3.83. The normalized spacial score (nSPS) is 25.2. The lowest BCUT2D eigenvalue weighted by Crippen LogP contribution is -2.29. The van der Waals surface area contributed by atoms with Crippen LogP contribution in [0.5, 0.6) is 5.75 Å². The zero-order valence-electron chi connectivity index (χ0n) is 8.69. The molecule has 3 rings (SSSR count). The molecule has 3 heteroatoms. The molecule has 0 aromatic heterocycles. The van der Waals surface area contributed by atoms with Crippen LogP contribution in [-0.4, -0.2) is 37.3 Å². The third kappa shape index (κ3) is 2.13. The van der Waals surface area contributed by atoms with E-state index in [1.54, 1.807) is 0 Å². The van der Waals surface area contributed by atoms with Crippen molar-refractivity contribution in [1.29, 1.82) is 0 Å². The van der Waals surface area contributed by atoms with Gasteiger partial charge in [0.15, 0.2) is 0 Å². The molecule has 1 saturated heterocycles. The maximum atomic E-state index is 5.70. The van der Waals surface area contributed by atoms with Crippen molar-refractivity contribution in [3.63, 3.8) is 0 Å². The second-order valence-electron chi connectivity index (χ2n) is 4.15. The van der Waals surface area contributed by atoms with Crippen molar-refractivity contribution < 1.29 is 9.47 Å². The van der Waals surface area contributed by atoms with Gasteiger partial charge in [0, 0.05) is 25.2 Å². The van der Waals surface area contributed by atoms with E-state index in [1.807, 2.05) is 12.1 Å². The van der Waals surface area contributed by atoms with Gasteiger partial charge in [0.1, 0.15) is 12.4 Å². The number of fused-ring (bicyclic) bond motifs is 1. The molecule has 0 saturated carbocycles. The molecule has 0 aliphatic carbocycles. The number of para-hydroxylation sites is 1. The van der Waals surface area contributed by atoms with E-state index in [1.165, 1.54) is 5.56 Å². The van der Waals surface area contributed by atoms with Gasteiger partial charge in [-0.05, 0) is 6.07 Å². The Bertz CT molecular complexity index is 349. The molecule has 0 spiro atoms. The first kappa shape index (κ1) is 9.19. The zero-order valence-corrected chi connectivity index (χ0v) is 8.69. The minimum absolute atomic E-state index is 0.468. The lowest BCUT2D eigenvalue weighted by atomic mass is 10.2. The molecule has 0 bridgehead atoms. The fourth-order valence-corrected chi connectivity index (χ4v) is 2.00. The average molecular weight is 205 g/mol. The summed E-state index contributed by atoms with van der Waals surface area (Å²) in [5, 5.41) is 0. The van der Waals surface area contributed by atoms with E-state index in [2.05, 4.69) is 17.0 Å². The Balaban J connectivity index is 1.74. The van der Waals surface area contributed by atoms with Crippen molar-refractivity contribution in [3.8, 4) is 5.75 Å². The Morgan fingerprint density at radius 3 is 3.07 bits per heavy atom. The van der Waals surface area contributed by atoms with Gasteiger partial charge in [-0.15, -0.1) is 0 Å². The number of hydrogen-bond acceptors (Lipinski definition) is 3. The Kier molecular flexibility index (Phi) is 2.35. The van der Waals surface area contributed by atoms with Crippen LogP contribution in [0.2, 0.25) is 0 Å². The van der Waals surface area contributed by atoms with Crippen LogP contribution >= 0.6 is 0 Å². The van der Waals surface area contributed by atoms with Crippen LogP contribution in [0, 0.1) is 0 Å². The molecule has 0 radical (unpaired) electrons. The largest absolute Gasteiger partial charge is 0.492 e. The van der Waals surface area contributed by atoms with E-state index in [-0.39, 0.29) is 0 Å². The van der Waals surface area contributed by atoms with Crippen LogP contribution in [0.4, 0.5) is 0 Å². The Morgan fingerprint density at radius 2 is 2.20 bits per heavy atom. The van der Waals surface area contributed by atoms with Crippen molar-refractivity contribution in [1.82, 2.24) is 4.90 Å². The molecular weight excluding hydrogens is 190 g/mol. The van der Waals surface area contributed by atoms with Gasteiger partial charge in [-0.2, -0.15) is 0 Å². The maximum absolute atomic E-state index is 5.70. The highest BCUT2D eigenvalue weighted by atomic mass is 16.6. The molecule has 0 N–H and O–H groups in total. The van der Waals surface area contributed by atoms with E-state index in [0.29, 0.717) is 6.10 Å². The molecule has 1 aromatic carbocycles. The van der Waals surface area contributed by atoms with E-state index < -0.39 is 0 Å². The summed E-state index contributed by atoms with van der Waals surface area (Å²) in [5.41, 5.74) is 1.29. The van der Waals surface area contributed by atoms with Gasteiger partial charge in [0.2, 0.25) is 0 Å². The van der Waals surface area contributed by atoms with Gasteiger partial charge in [0.25, 0.3) is 0 Å². The van der Waals surface area contributed by atoms with Crippen molar-refractivity contribution in [2.24, 2.45) is 0 Å². The molecule has 2 aliphatic rings. The molecular formula is C12H15NO2. The highest BCUT2D eigenvalue weighted by Crippen LogP contribution is 2.23. The highest BCUT2D eigenvalue weighted by Gasteiger charge is 2.26. The summed E-state index contributed by atoms with van der Waals surface area (Å²) in [4.78, 5) is 2.41. The first-order valence-corrected chi connectivity index (χ1v) is 5.46. The number of hydrogen-bond donors (Lipinski definition) is 0. The van der Waals surface area contributed by atoms with Crippen molar-refractivity contribution in [3.05, 3.63) is 29.8 Å². The maximum Gasteiger partial charge on any atom is 0.123 e. The summed E-state index contributed by atoms with van der Waals surface area (Å²) >= 11 is 0. The summed E-state index contributed by atoms with van der Waals surface area (Å²) in [5.74, 6) is 1.04. The number of benzene rings is 1. The molecule has 1 atom stereocenters. The number of nitrogens with zero attached hydrogens (tertiary/aromatic N) is 1. The molecule has 15 heavy (non-hydrogen) atoms. The molecule has 80 valence electrons. The van der Waals surface area contributed by atoms with Crippen LogP contribution in [-0.2, 0) is 11.3 Å². The smallest absolute Gasteiger partial charge is 0.123 e. The number of epoxide rings is 1. The third-order valence-electron chi connectivity index (χ3n) is 2.90. The molecule has 0 amide bonds. The van der Waals surface area contributed by atoms with E-state index >= 15 is 0 Å². The lowest BCUT2D eigenvalue weighted by Gasteiger charge is -2.17. The van der Waals surface area contributed by atoms with Gasteiger partial charge in [-0.25, -0.2) is 0 Å². The molecule has 3 nitrogen and oxygen atoms in total. The van der Waals surface area contributed by atoms with E-state index in [4.69, 9.17) is 9.47 Å². The number of ether oxygens (including phenoxy) is 2. The standard InChI is InChI=1S/C12H15NO2/c1-2-4-12-10(3-1)7-13(5-6-14-12)8-11-9-15-11/h1-4,11H,5-9H2/t11-/m0/s1. The SMILES string of the molecule is c1ccc2c(c1)CN(C[C@H]1CO1)CCO2. The Hall–Kier alpha value is -1.06. The van der Waals surface area contributed by atoms with Crippen molar-refractivity contribution in [2.75, 3.05) is 26.3 Å². The van der Waals surface area contributed by atoms with E-state index in [0.717, 1.165) is 38.6 Å². The Labute approximate surface area is 89.6 Å². The van der Waals surface area contributed by atoms with Crippen LogP contribution in [0.1, 0.15) is 5.56 Å². The van der Waals surface area contributed by atoms with Gasteiger partial charge >= 0.3 is 0 Å². The predicted molar refractivity (Wildman–Crippen MR) is 57.0 cm³/mol. The van der Waals surface area contributed by atoms with Gasteiger partial charge in [0.05, 0.1) is 12.7 Å². The monoisotopic (exact) mass is 205 g/mol. The van der Waals surface area contributed by atoms with Crippen molar-refractivity contribution in [2.45, 2.75) is 12.6 Å². The molecule has 2 heterocycles. The fraction of sp³-hybridized carbons (Fsp3) is 0.500. The summed E-state index contributed by atoms with van der Waals surface area (Å²) in [6.45, 7) is 4.73. The lowest BCUT2D eigenvalue weighted by molar-refractivity contribution is 0.208. The van der Waals surface area contributed by atoms with Crippen LogP contribution < -0.4 is 4.74 Å². The van der Waals surface area contributed by atoms with Gasteiger partial charge < -0.3 is 9.47 Å². The van der Waals surface area contributed by atoms with Crippen LogP contribution in [0.15, 0.2) is 24.3 Å². The molecule has 2 aliphatic heterocycles. The van der Waals surface area contributed by atoms with Crippen LogP contribution in [0.25, 0.3) is 0 Å². The second-order valence-corrected chi connectivity index (χ2v) is 4.15. The Morgan fingerprint density at radius 1 is 1.33 bits per heavy atom. The van der Waals surface area contributed by atoms with Crippen molar-refractivity contribution >= 4 is 0 Å². The number of rotatable bonds is 2. The topological polar surface area (TPSA) is 25.0 Å². The quantitative estimate of drug-likeness (QED) is 0.680. The fourth-order valence-electron chi connectivity index (χ4n) is 2.00. The average Bonchev–Trinajstić information content (AvgIpc) is 3.04. The molecule has 1 aromatic rings. The van der Waals surface area contributed by atoms with E-state index in [9.17, 15) is 0 Å². The summed E-state index contributed by atoms with van der Waals surface area (Å²) in [7, 11) is 0. The first-order chi connectivity index (χ1) is 7.42. The highest BCUT2D eigenvalue weighted by molar-refractivity contribution is 5.33. The van der Waals surface area contributed by atoms with Gasteiger partial charge in [-0.1, -0.05) is 18.2 Å².